The van der Waals surface area contributed by atoms with Gasteiger partial charge in [0.2, 0.25) is 5.91 Å². The molecule has 26 heavy (non-hydrogen) atoms. The number of nitrogens with one attached hydrogen (secondary N) is 1. The summed E-state index contributed by atoms with van der Waals surface area (Å²) in [5.41, 5.74) is 2.21. The average Bonchev–Trinajstić information content (AvgIpc) is 3.07. The van der Waals surface area contributed by atoms with E-state index in [2.05, 4.69) is 46.6 Å². The van der Waals surface area contributed by atoms with Gasteiger partial charge >= 0.3 is 0 Å². The first-order valence-electron chi connectivity index (χ1n) is 10.2. The lowest BCUT2D eigenvalue weighted by molar-refractivity contribution is -0.114. The maximum absolute atomic E-state index is 11.0. The minimum Gasteiger partial charge on any atom is -0.359 e. The third-order valence-electron chi connectivity index (χ3n) is 4.84. The van der Waals surface area contributed by atoms with Gasteiger partial charge in [0, 0.05) is 38.1 Å². The molecule has 0 saturated heterocycles. The number of carbonyl (C=O) groups is 1. The molecule has 1 aliphatic rings. The van der Waals surface area contributed by atoms with Gasteiger partial charge in [-0.25, -0.2) is 0 Å². The summed E-state index contributed by atoms with van der Waals surface area (Å²) in [5, 5.41) is 2.81. The van der Waals surface area contributed by atoms with Crippen molar-refractivity contribution < 1.29 is 4.79 Å². The van der Waals surface area contributed by atoms with Gasteiger partial charge in [-0.3, -0.25) is 4.79 Å². The fourth-order valence-corrected chi connectivity index (χ4v) is 3.33. The normalized spacial score (nSPS) is 13.5. The number of benzene rings is 1. The van der Waals surface area contributed by atoms with E-state index >= 15 is 0 Å². The van der Waals surface area contributed by atoms with Gasteiger partial charge in [-0.1, -0.05) is 44.7 Å². The molecule has 1 amide bonds. The van der Waals surface area contributed by atoms with Gasteiger partial charge in [-0.15, -0.1) is 0 Å². The van der Waals surface area contributed by atoms with Crippen molar-refractivity contribution in [2.75, 3.05) is 25.1 Å². The molecule has 1 aromatic carbocycles. The van der Waals surface area contributed by atoms with Crippen LogP contribution in [0.5, 0.6) is 0 Å². The quantitative estimate of drug-likeness (QED) is 0.536. The van der Waals surface area contributed by atoms with Crippen molar-refractivity contribution in [1.82, 2.24) is 9.80 Å². The third-order valence-corrected chi connectivity index (χ3v) is 4.84. The summed E-state index contributed by atoms with van der Waals surface area (Å²) >= 11 is 0. The van der Waals surface area contributed by atoms with Crippen molar-refractivity contribution >= 4 is 11.6 Å². The minimum atomic E-state index is -0.0218. The minimum absolute atomic E-state index is 0.0218. The van der Waals surface area contributed by atoms with E-state index in [0.29, 0.717) is 0 Å². The van der Waals surface area contributed by atoms with Crippen molar-refractivity contribution in [3.05, 3.63) is 42.2 Å². The second-order valence-corrected chi connectivity index (χ2v) is 7.31. The van der Waals surface area contributed by atoms with Gasteiger partial charge in [-0.2, -0.15) is 0 Å². The lowest BCUT2D eigenvalue weighted by Gasteiger charge is -2.21. The molecule has 0 atom stereocenters. The maximum Gasteiger partial charge on any atom is 0.221 e. The molecular formula is C22H35N3O. The monoisotopic (exact) mass is 357 g/mol. The van der Waals surface area contributed by atoms with Gasteiger partial charge in [0.05, 0.1) is 6.67 Å². The van der Waals surface area contributed by atoms with Crippen LogP contribution in [0.3, 0.4) is 0 Å². The molecule has 144 valence electrons. The Morgan fingerprint density at radius 2 is 1.54 bits per heavy atom. The molecule has 0 spiro atoms. The molecule has 0 fully saturated rings. The topological polar surface area (TPSA) is 35.6 Å². The predicted molar refractivity (Wildman–Crippen MR) is 110 cm³/mol. The molecule has 0 bridgehead atoms. The Bertz CT molecular complexity index is 553. The van der Waals surface area contributed by atoms with Crippen LogP contribution in [0.25, 0.3) is 0 Å². The van der Waals surface area contributed by atoms with E-state index in [0.717, 1.165) is 25.3 Å². The Morgan fingerprint density at radius 1 is 0.923 bits per heavy atom. The van der Waals surface area contributed by atoms with Gasteiger partial charge in [0.1, 0.15) is 0 Å². The van der Waals surface area contributed by atoms with Gasteiger partial charge in [-0.05, 0) is 43.4 Å². The Kier molecular flexibility index (Phi) is 9.08. The molecule has 1 N–H and O–H groups in total. The summed E-state index contributed by atoms with van der Waals surface area (Å²) in [6.45, 7) is 7.18. The number of aryl methyl sites for hydroxylation is 1. The number of anilines is 1. The zero-order valence-corrected chi connectivity index (χ0v) is 16.5. The van der Waals surface area contributed by atoms with Crippen LogP contribution >= 0.6 is 0 Å². The molecule has 0 aromatic heterocycles. The number of nitrogens with zero attached hydrogens (tertiary/aromatic N) is 2. The molecule has 0 aliphatic carbocycles. The van der Waals surface area contributed by atoms with Crippen LogP contribution in [-0.4, -0.2) is 35.5 Å². The van der Waals surface area contributed by atoms with E-state index in [1.165, 1.54) is 64.0 Å². The van der Waals surface area contributed by atoms with E-state index in [1.54, 1.807) is 0 Å². The summed E-state index contributed by atoms with van der Waals surface area (Å²) in [6.07, 6.45) is 14.7. The van der Waals surface area contributed by atoms with E-state index in [4.69, 9.17) is 0 Å². The number of unbranched alkanes of at least 4 members (excludes halogenated alkanes) is 5. The second-order valence-electron chi connectivity index (χ2n) is 7.31. The summed E-state index contributed by atoms with van der Waals surface area (Å²) in [4.78, 5) is 15.9. The zero-order valence-electron chi connectivity index (χ0n) is 16.5. The average molecular weight is 358 g/mol. The molecule has 2 rings (SSSR count). The van der Waals surface area contributed by atoms with Crippen molar-refractivity contribution in [3.63, 3.8) is 0 Å². The number of hydrogen-bond donors (Lipinski definition) is 1. The summed E-state index contributed by atoms with van der Waals surface area (Å²) in [5.74, 6) is -0.0218. The molecule has 1 aliphatic heterocycles. The van der Waals surface area contributed by atoms with Gasteiger partial charge < -0.3 is 15.1 Å². The predicted octanol–water partition coefficient (Wildman–Crippen LogP) is 4.98. The molecule has 0 unspecified atom stereocenters. The number of hydrogen-bond acceptors (Lipinski definition) is 3. The van der Waals surface area contributed by atoms with Gasteiger partial charge in [0.15, 0.2) is 0 Å². The van der Waals surface area contributed by atoms with Crippen molar-refractivity contribution in [3.8, 4) is 0 Å². The summed E-state index contributed by atoms with van der Waals surface area (Å²) in [6, 6.07) is 8.19. The van der Waals surface area contributed by atoms with Crippen LogP contribution in [0.1, 0.15) is 64.4 Å². The Labute approximate surface area is 159 Å². The maximum atomic E-state index is 11.0. The van der Waals surface area contributed by atoms with Crippen molar-refractivity contribution in [2.24, 2.45) is 0 Å². The van der Waals surface area contributed by atoms with E-state index in [1.807, 2.05) is 12.1 Å². The number of amides is 1. The molecule has 1 aromatic rings. The third kappa shape index (κ3) is 7.94. The second kappa shape index (κ2) is 11.6. The van der Waals surface area contributed by atoms with Crippen molar-refractivity contribution in [2.45, 2.75) is 65.2 Å². The first kappa shape index (κ1) is 20.3. The lowest BCUT2D eigenvalue weighted by atomic mass is 10.1. The molecule has 4 heteroatoms. The standard InChI is InChI=1S/C22H35N3O/c1-3-4-5-6-8-15-24-17-18-25(19-24)16-9-7-10-21-11-13-22(14-12-21)23-20(2)26/h11-14,17-18H,3-10,15-16,19H2,1-2H3,(H,23,26). The summed E-state index contributed by atoms with van der Waals surface area (Å²) < 4.78 is 0. The van der Waals surface area contributed by atoms with E-state index < -0.39 is 0 Å². The summed E-state index contributed by atoms with van der Waals surface area (Å²) in [7, 11) is 0. The molecule has 1 heterocycles. The van der Waals surface area contributed by atoms with Crippen LogP contribution in [0.15, 0.2) is 36.7 Å². The molecule has 0 saturated carbocycles. The molecule has 4 nitrogen and oxygen atoms in total. The molecule has 0 radical (unpaired) electrons. The fraction of sp³-hybridized carbons (Fsp3) is 0.591. The highest BCUT2D eigenvalue weighted by Crippen LogP contribution is 2.14. The first-order chi connectivity index (χ1) is 12.7. The van der Waals surface area contributed by atoms with Crippen LogP contribution in [0, 0.1) is 0 Å². The van der Waals surface area contributed by atoms with Crippen LogP contribution < -0.4 is 5.32 Å². The van der Waals surface area contributed by atoms with E-state index in [9.17, 15) is 4.79 Å². The van der Waals surface area contributed by atoms with Crippen LogP contribution in [0.4, 0.5) is 5.69 Å². The highest BCUT2D eigenvalue weighted by Gasteiger charge is 2.11. The van der Waals surface area contributed by atoms with Crippen molar-refractivity contribution in [1.29, 1.82) is 0 Å². The highest BCUT2D eigenvalue weighted by molar-refractivity contribution is 5.88. The van der Waals surface area contributed by atoms with E-state index in [-0.39, 0.29) is 5.91 Å². The van der Waals surface area contributed by atoms with Crippen LogP contribution in [-0.2, 0) is 11.2 Å². The Balaban J connectivity index is 1.54. The SMILES string of the molecule is CCCCCCCN1C=CN(CCCCc2ccc(NC(C)=O)cc2)C1. The Hall–Kier alpha value is -1.97. The lowest BCUT2D eigenvalue weighted by Crippen LogP contribution is -2.26. The van der Waals surface area contributed by atoms with Crippen LogP contribution in [0.2, 0.25) is 0 Å². The number of rotatable bonds is 12. The highest BCUT2D eigenvalue weighted by atomic mass is 16.1. The Morgan fingerprint density at radius 3 is 2.15 bits per heavy atom. The zero-order chi connectivity index (χ0) is 18.6. The molecular weight excluding hydrogens is 322 g/mol. The number of carbonyl (C=O) groups excluding carboxylic acids is 1. The largest absolute Gasteiger partial charge is 0.359 e. The first-order valence-corrected chi connectivity index (χ1v) is 10.2. The van der Waals surface area contributed by atoms with Gasteiger partial charge in [0.25, 0.3) is 0 Å². The smallest absolute Gasteiger partial charge is 0.221 e. The fourth-order valence-electron chi connectivity index (χ4n) is 3.33.